The summed E-state index contributed by atoms with van der Waals surface area (Å²) in [6.07, 6.45) is 36.2. The van der Waals surface area contributed by atoms with Crippen molar-refractivity contribution in [3.63, 3.8) is 0 Å². The Kier molecular flexibility index (Phi) is 32.0. The zero-order chi connectivity index (χ0) is 33.3. The summed E-state index contributed by atoms with van der Waals surface area (Å²) in [5.74, 6) is 0.425. The predicted molar refractivity (Wildman–Crippen MR) is 198 cm³/mol. The molecule has 0 unspecified atom stereocenters. The normalized spacial score (nSPS) is 11.8. The maximum absolute atomic E-state index is 12.2. The van der Waals surface area contributed by atoms with Gasteiger partial charge in [0.25, 0.3) is 0 Å². The summed E-state index contributed by atoms with van der Waals surface area (Å²) in [6, 6.07) is 0. The summed E-state index contributed by atoms with van der Waals surface area (Å²) in [7, 11) is 2.18. The van der Waals surface area contributed by atoms with E-state index in [0.29, 0.717) is 12.8 Å². The van der Waals surface area contributed by atoms with Crippen LogP contribution in [0.25, 0.3) is 0 Å². The van der Waals surface area contributed by atoms with E-state index < -0.39 is 0 Å². The summed E-state index contributed by atoms with van der Waals surface area (Å²) in [5, 5.41) is 6.26. The molecule has 0 aliphatic rings. The molecule has 0 aromatic heterocycles. The van der Waals surface area contributed by atoms with Crippen molar-refractivity contribution < 1.29 is 9.59 Å². The van der Waals surface area contributed by atoms with Crippen LogP contribution in [0.3, 0.4) is 0 Å². The lowest BCUT2D eigenvalue weighted by Gasteiger charge is -2.36. The van der Waals surface area contributed by atoms with Gasteiger partial charge >= 0.3 is 0 Å². The lowest BCUT2D eigenvalue weighted by atomic mass is 9.96. The number of nitrogens with one attached hydrogen (secondary N) is 2. The van der Waals surface area contributed by atoms with Crippen molar-refractivity contribution in [2.75, 3.05) is 26.7 Å². The third-order valence-corrected chi connectivity index (χ3v) is 9.83. The van der Waals surface area contributed by atoms with Gasteiger partial charge in [0, 0.05) is 38.0 Å². The number of nitrogens with zero attached hydrogens (tertiary/aromatic N) is 1. The van der Waals surface area contributed by atoms with Gasteiger partial charge in [-0.25, -0.2) is 0 Å². The summed E-state index contributed by atoms with van der Waals surface area (Å²) < 4.78 is 0. The minimum absolute atomic E-state index is 0.0831. The van der Waals surface area contributed by atoms with Crippen molar-refractivity contribution in [1.82, 2.24) is 15.5 Å². The van der Waals surface area contributed by atoms with E-state index in [9.17, 15) is 9.59 Å². The van der Waals surface area contributed by atoms with Gasteiger partial charge in [-0.3, -0.25) is 9.59 Å². The molecule has 2 amide bonds. The van der Waals surface area contributed by atoms with Crippen molar-refractivity contribution in [3.05, 3.63) is 0 Å². The third-order valence-electron chi connectivity index (χ3n) is 9.83. The number of carbonyl (C=O) groups is 2. The maximum atomic E-state index is 12.2. The largest absolute Gasteiger partial charge is 0.356 e. The van der Waals surface area contributed by atoms with E-state index >= 15 is 0 Å². The molecule has 0 fully saturated rings. The average Bonchev–Trinajstić information content (AvgIpc) is 3.02. The highest BCUT2D eigenvalue weighted by Crippen LogP contribution is 2.19. The second kappa shape index (κ2) is 32.8. The molecule has 5 heteroatoms. The Morgan fingerprint density at radius 1 is 0.467 bits per heavy atom. The molecule has 5 nitrogen and oxygen atoms in total. The van der Waals surface area contributed by atoms with Crippen molar-refractivity contribution in [1.29, 1.82) is 0 Å². The van der Waals surface area contributed by atoms with Gasteiger partial charge < -0.3 is 15.5 Å². The molecule has 0 saturated heterocycles. The molecule has 2 N–H and O–H groups in total. The fourth-order valence-corrected chi connectivity index (χ4v) is 6.22. The van der Waals surface area contributed by atoms with E-state index in [1.54, 1.807) is 0 Å². The van der Waals surface area contributed by atoms with Crippen LogP contribution in [0.2, 0.25) is 0 Å². The third kappa shape index (κ3) is 31.3. The quantitative estimate of drug-likeness (QED) is 0.0681. The van der Waals surface area contributed by atoms with Crippen molar-refractivity contribution in [2.45, 2.75) is 219 Å². The van der Waals surface area contributed by atoms with Crippen molar-refractivity contribution >= 4 is 11.8 Å². The van der Waals surface area contributed by atoms with Gasteiger partial charge in [0.05, 0.1) is 0 Å². The van der Waals surface area contributed by atoms with Crippen LogP contribution in [0, 0.1) is 0 Å². The fourth-order valence-electron chi connectivity index (χ4n) is 6.22. The highest BCUT2D eigenvalue weighted by Gasteiger charge is 2.22. The van der Waals surface area contributed by atoms with E-state index in [2.05, 4.69) is 50.3 Å². The zero-order valence-corrected chi connectivity index (χ0v) is 31.4. The molecule has 0 aromatic carbocycles. The Hall–Kier alpha value is -1.10. The number of rotatable bonds is 35. The zero-order valence-electron chi connectivity index (χ0n) is 31.4. The topological polar surface area (TPSA) is 61.4 Å². The molecular formula is C40H81N3O2. The maximum Gasteiger partial charge on any atom is 0.219 e. The second-order valence-electron chi connectivity index (χ2n) is 14.7. The lowest BCUT2D eigenvalue weighted by Crippen LogP contribution is -2.43. The van der Waals surface area contributed by atoms with Crippen LogP contribution in [-0.2, 0) is 9.59 Å². The van der Waals surface area contributed by atoms with Gasteiger partial charge in [0.2, 0.25) is 11.8 Å². The SMILES string of the molecule is CCCCCCCCCCCCCCCCCC(=O)NCCCN(C)C(C)(C)CCCNC(=O)CCCCCCCCCCC. The van der Waals surface area contributed by atoms with E-state index in [0.717, 1.165) is 51.7 Å². The number of hydrogen-bond acceptors (Lipinski definition) is 3. The van der Waals surface area contributed by atoms with Gasteiger partial charge in [-0.05, 0) is 53.0 Å². The van der Waals surface area contributed by atoms with Crippen LogP contribution in [0.15, 0.2) is 0 Å². The first-order chi connectivity index (χ1) is 21.8. The van der Waals surface area contributed by atoms with Gasteiger partial charge in [-0.15, -0.1) is 0 Å². The minimum atomic E-state index is 0.0831. The van der Waals surface area contributed by atoms with Gasteiger partial charge in [-0.2, -0.15) is 0 Å². The predicted octanol–water partition coefficient (Wildman–Crippen LogP) is 11.3. The number of carbonyl (C=O) groups excluding carboxylic acids is 2. The molecule has 0 rings (SSSR count). The number of amides is 2. The van der Waals surface area contributed by atoms with Crippen molar-refractivity contribution in [2.24, 2.45) is 0 Å². The Balaban J connectivity index is 3.59. The van der Waals surface area contributed by atoms with Crippen LogP contribution in [0.1, 0.15) is 214 Å². The second-order valence-corrected chi connectivity index (χ2v) is 14.7. The van der Waals surface area contributed by atoms with Crippen molar-refractivity contribution in [3.8, 4) is 0 Å². The van der Waals surface area contributed by atoms with Gasteiger partial charge in [0.15, 0.2) is 0 Å². The summed E-state index contributed by atoms with van der Waals surface area (Å²) in [5.41, 5.74) is 0.0831. The first-order valence-corrected chi connectivity index (χ1v) is 20.1. The molecule has 45 heavy (non-hydrogen) atoms. The summed E-state index contributed by atoms with van der Waals surface area (Å²) in [4.78, 5) is 26.8. The van der Waals surface area contributed by atoms with Crippen LogP contribution in [0.5, 0.6) is 0 Å². The molecule has 0 heterocycles. The summed E-state index contributed by atoms with van der Waals surface area (Å²) in [6.45, 7) is 11.6. The first-order valence-electron chi connectivity index (χ1n) is 20.1. The molecule has 0 atom stereocenters. The lowest BCUT2D eigenvalue weighted by molar-refractivity contribution is -0.122. The summed E-state index contributed by atoms with van der Waals surface area (Å²) >= 11 is 0. The van der Waals surface area contributed by atoms with Gasteiger partial charge in [0.1, 0.15) is 0 Å². The minimum Gasteiger partial charge on any atom is -0.356 e. The first kappa shape index (κ1) is 43.9. The molecule has 0 radical (unpaired) electrons. The van der Waals surface area contributed by atoms with Gasteiger partial charge in [-0.1, -0.05) is 155 Å². The number of hydrogen-bond donors (Lipinski definition) is 2. The smallest absolute Gasteiger partial charge is 0.219 e. The monoisotopic (exact) mass is 636 g/mol. The molecule has 0 bridgehead atoms. The van der Waals surface area contributed by atoms with Crippen LogP contribution in [-0.4, -0.2) is 48.9 Å². The van der Waals surface area contributed by atoms with E-state index in [1.165, 1.54) is 141 Å². The molecular weight excluding hydrogens is 554 g/mol. The van der Waals surface area contributed by atoms with E-state index in [1.807, 2.05) is 0 Å². The molecule has 0 spiro atoms. The molecule has 0 saturated carbocycles. The molecule has 268 valence electrons. The Morgan fingerprint density at radius 3 is 1.13 bits per heavy atom. The molecule has 0 aliphatic carbocycles. The number of unbranched alkanes of at least 4 members (excludes halogenated alkanes) is 22. The van der Waals surface area contributed by atoms with E-state index in [4.69, 9.17) is 0 Å². The Morgan fingerprint density at radius 2 is 0.778 bits per heavy atom. The average molecular weight is 636 g/mol. The Labute approximate surface area is 282 Å². The standard InChI is InChI=1S/C40H81N3O2/c1-6-8-10-12-14-16-17-18-19-20-21-23-25-27-29-33-39(45)42-36-31-37-43(5)40(3,4)34-30-35-41-38(44)32-28-26-24-22-15-13-11-9-7-2/h6-37H2,1-5H3,(H,41,44)(H,42,45). The fraction of sp³-hybridized carbons (Fsp3) is 0.950. The molecule has 0 aromatic rings. The highest BCUT2D eigenvalue weighted by atomic mass is 16.2. The molecule has 0 aliphatic heterocycles. The van der Waals surface area contributed by atoms with Crippen LogP contribution < -0.4 is 10.6 Å². The Bertz CT molecular complexity index is 651. The van der Waals surface area contributed by atoms with Crippen LogP contribution in [0.4, 0.5) is 0 Å². The highest BCUT2D eigenvalue weighted by molar-refractivity contribution is 5.76. The van der Waals surface area contributed by atoms with Crippen LogP contribution >= 0.6 is 0 Å². The van der Waals surface area contributed by atoms with E-state index in [-0.39, 0.29) is 17.4 Å².